The molecule has 0 saturated carbocycles. The number of aromatic nitrogens is 2. The van der Waals surface area contributed by atoms with Crippen LogP contribution in [0.15, 0.2) is 45.7 Å². The number of hydrogen-bond acceptors (Lipinski definition) is 5. The molecule has 9 heteroatoms. The largest absolute Gasteiger partial charge is 0.460 e. The fourth-order valence-electron chi connectivity index (χ4n) is 3.00. The van der Waals surface area contributed by atoms with E-state index in [2.05, 4.69) is 15.5 Å². The second-order valence-corrected chi connectivity index (χ2v) is 8.51. The van der Waals surface area contributed by atoms with Crippen molar-refractivity contribution in [2.75, 3.05) is 18.4 Å². The summed E-state index contributed by atoms with van der Waals surface area (Å²) in [6, 6.07) is 10.0. The number of carbonyl (C=O) groups excluding carboxylic acids is 1. The maximum absolute atomic E-state index is 12.9. The van der Waals surface area contributed by atoms with Gasteiger partial charge in [0.15, 0.2) is 11.5 Å². The number of rotatable bonds is 7. The van der Waals surface area contributed by atoms with Gasteiger partial charge in [0.05, 0.1) is 4.90 Å². The standard InChI is InChI=1S/C20H24N4O4S/c1-5-24(6-2)29(26,27)19-11-15(9-7-13(19)3)21-20(25)17-12-16(22-23-17)18-10-8-14(4)28-18/h7-12H,5-6H2,1-4H3,(H,21,25)(H,22,23). The quantitative estimate of drug-likeness (QED) is 0.612. The summed E-state index contributed by atoms with van der Waals surface area (Å²) in [7, 11) is -3.64. The van der Waals surface area contributed by atoms with Crippen LogP contribution in [0, 0.1) is 13.8 Å². The van der Waals surface area contributed by atoms with Crippen LogP contribution in [0.4, 0.5) is 5.69 Å². The lowest BCUT2D eigenvalue weighted by Gasteiger charge is -2.20. The summed E-state index contributed by atoms with van der Waals surface area (Å²) in [6.07, 6.45) is 0. The summed E-state index contributed by atoms with van der Waals surface area (Å²) < 4.78 is 32.6. The Labute approximate surface area is 170 Å². The predicted molar refractivity (Wildman–Crippen MR) is 110 cm³/mol. The van der Waals surface area contributed by atoms with Crippen molar-refractivity contribution in [2.24, 2.45) is 0 Å². The molecule has 0 saturated heterocycles. The van der Waals surface area contributed by atoms with E-state index >= 15 is 0 Å². The lowest BCUT2D eigenvalue weighted by molar-refractivity contribution is 0.102. The van der Waals surface area contributed by atoms with E-state index < -0.39 is 15.9 Å². The van der Waals surface area contributed by atoms with Crippen molar-refractivity contribution in [1.82, 2.24) is 14.5 Å². The number of H-pyrrole nitrogens is 1. The molecule has 0 bridgehead atoms. The molecule has 3 aromatic rings. The van der Waals surface area contributed by atoms with Crippen LogP contribution in [0.25, 0.3) is 11.5 Å². The van der Waals surface area contributed by atoms with E-state index in [-0.39, 0.29) is 10.6 Å². The molecule has 0 spiro atoms. The van der Waals surface area contributed by atoms with E-state index in [1.165, 1.54) is 10.4 Å². The van der Waals surface area contributed by atoms with Crippen LogP contribution < -0.4 is 5.32 Å². The number of aromatic amines is 1. The van der Waals surface area contributed by atoms with Gasteiger partial charge < -0.3 is 9.73 Å². The average Bonchev–Trinajstić information content (AvgIpc) is 3.33. The first kappa shape index (κ1) is 20.8. The summed E-state index contributed by atoms with van der Waals surface area (Å²) >= 11 is 0. The van der Waals surface area contributed by atoms with Gasteiger partial charge in [0.2, 0.25) is 10.0 Å². The van der Waals surface area contributed by atoms with Gasteiger partial charge in [-0.15, -0.1) is 0 Å². The van der Waals surface area contributed by atoms with E-state index in [9.17, 15) is 13.2 Å². The lowest BCUT2D eigenvalue weighted by atomic mass is 10.2. The van der Waals surface area contributed by atoms with Crippen LogP contribution in [-0.2, 0) is 10.0 Å². The summed E-state index contributed by atoms with van der Waals surface area (Å²) in [5.41, 5.74) is 1.75. The van der Waals surface area contributed by atoms with E-state index in [1.54, 1.807) is 45.0 Å². The third-order valence-electron chi connectivity index (χ3n) is 4.59. The van der Waals surface area contributed by atoms with Crippen molar-refractivity contribution in [3.05, 3.63) is 53.4 Å². The Balaban J connectivity index is 1.84. The zero-order valence-electron chi connectivity index (χ0n) is 16.8. The number of furan rings is 1. The molecular weight excluding hydrogens is 392 g/mol. The minimum absolute atomic E-state index is 0.169. The summed E-state index contributed by atoms with van der Waals surface area (Å²) in [4.78, 5) is 12.7. The van der Waals surface area contributed by atoms with Crippen LogP contribution in [0.3, 0.4) is 0 Å². The molecule has 0 radical (unpaired) electrons. The first-order valence-electron chi connectivity index (χ1n) is 9.30. The molecule has 0 unspecified atom stereocenters. The van der Waals surface area contributed by atoms with Crippen molar-refractivity contribution >= 4 is 21.6 Å². The highest BCUT2D eigenvalue weighted by Crippen LogP contribution is 2.25. The van der Waals surface area contributed by atoms with Crippen LogP contribution in [0.1, 0.15) is 35.7 Å². The molecule has 1 aromatic carbocycles. The molecule has 2 N–H and O–H groups in total. The number of amides is 1. The molecule has 0 aliphatic rings. The van der Waals surface area contributed by atoms with Crippen LogP contribution in [-0.4, -0.2) is 41.9 Å². The zero-order chi connectivity index (χ0) is 21.2. The highest BCUT2D eigenvalue weighted by molar-refractivity contribution is 7.89. The van der Waals surface area contributed by atoms with Gasteiger partial charge in [-0.3, -0.25) is 9.89 Å². The number of sulfonamides is 1. The number of hydrogen-bond donors (Lipinski definition) is 2. The molecule has 0 aliphatic heterocycles. The zero-order valence-corrected chi connectivity index (χ0v) is 17.6. The molecular formula is C20H24N4O4S. The van der Waals surface area contributed by atoms with E-state index in [4.69, 9.17) is 4.42 Å². The van der Waals surface area contributed by atoms with Crippen molar-refractivity contribution in [2.45, 2.75) is 32.6 Å². The Bertz CT molecular complexity index is 1130. The van der Waals surface area contributed by atoms with Gasteiger partial charge in [0.1, 0.15) is 11.5 Å². The van der Waals surface area contributed by atoms with Gasteiger partial charge >= 0.3 is 0 Å². The van der Waals surface area contributed by atoms with Gasteiger partial charge in [0, 0.05) is 24.8 Å². The predicted octanol–water partition coefficient (Wildman–Crippen LogP) is 3.57. The Morgan fingerprint density at radius 3 is 2.48 bits per heavy atom. The third kappa shape index (κ3) is 4.25. The first-order valence-corrected chi connectivity index (χ1v) is 10.7. The second-order valence-electron chi connectivity index (χ2n) is 6.60. The van der Waals surface area contributed by atoms with Gasteiger partial charge in [0.25, 0.3) is 5.91 Å². The fourth-order valence-corrected chi connectivity index (χ4v) is 4.71. The lowest BCUT2D eigenvalue weighted by Crippen LogP contribution is -2.31. The summed E-state index contributed by atoms with van der Waals surface area (Å²) in [5, 5.41) is 9.50. The maximum Gasteiger partial charge on any atom is 0.276 e. The molecule has 0 fully saturated rings. The number of anilines is 1. The minimum atomic E-state index is -3.64. The fraction of sp³-hybridized carbons (Fsp3) is 0.300. The topological polar surface area (TPSA) is 108 Å². The SMILES string of the molecule is CCN(CC)S(=O)(=O)c1cc(NC(=O)c2cc(-c3ccc(C)o3)[nH]n2)ccc1C. The van der Waals surface area contributed by atoms with E-state index in [0.29, 0.717) is 35.8 Å². The van der Waals surface area contributed by atoms with E-state index in [1.807, 2.05) is 13.0 Å². The molecule has 0 aliphatic carbocycles. The van der Waals surface area contributed by atoms with Crippen molar-refractivity contribution in [3.63, 3.8) is 0 Å². The average molecular weight is 417 g/mol. The first-order chi connectivity index (χ1) is 13.8. The molecule has 8 nitrogen and oxygen atoms in total. The van der Waals surface area contributed by atoms with E-state index in [0.717, 1.165) is 5.76 Å². The Kier molecular flexibility index (Phi) is 5.90. The maximum atomic E-state index is 12.9. The van der Waals surface area contributed by atoms with Crippen molar-refractivity contribution in [3.8, 4) is 11.5 Å². The third-order valence-corrected chi connectivity index (χ3v) is 6.78. The smallest absolute Gasteiger partial charge is 0.276 e. The summed E-state index contributed by atoms with van der Waals surface area (Å²) in [6.45, 7) is 7.88. The molecule has 2 heterocycles. The Morgan fingerprint density at radius 1 is 1.14 bits per heavy atom. The molecule has 154 valence electrons. The Morgan fingerprint density at radius 2 is 1.86 bits per heavy atom. The molecule has 29 heavy (non-hydrogen) atoms. The highest BCUT2D eigenvalue weighted by atomic mass is 32.2. The summed E-state index contributed by atoms with van der Waals surface area (Å²) in [5.74, 6) is 0.880. The molecule has 3 rings (SSSR count). The van der Waals surface area contributed by atoms with Gasteiger partial charge in [-0.1, -0.05) is 19.9 Å². The number of benzene rings is 1. The number of carbonyl (C=O) groups is 1. The van der Waals surface area contributed by atoms with Crippen LogP contribution >= 0.6 is 0 Å². The molecule has 1 amide bonds. The second kappa shape index (κ2) is 8.22. The van der Waals surface area contributed by atoms with Crippen molar-refractivity contribution in [1.29, 1.82) is 0 Å². The minimum Gasteiger partial charge on any atom is -0.460 e. The highest BCUT2D eigenvalue weighted by Gasteiger charge is 2.24. The van der Waals surface area contributed by atoms with Gasteiger partial charge in [-0.25, -0.2) is 8.42 Å². The Hall–Kier alpha value is -2.91. The number of aryl methyl sites for hydroxylation is 2. The monoisotopic (exact) mass is 416 g/mol. The number of nitrogens with zero attached hydrogens (tertiary/aromatic N) is 2. The van der Waals surface area contributed by atoms with Crippen molar-refractivity contribution < 1.29 is 17.6 Å². The van der Waals surface area contributed by atoms with Gasteiger partial charge in [-0.2, -0.15) is 9.40 Å². The van der Waals surface area contributed by atoms with Gasteiger partial charge in [-0.05, 0) is 43.7 Å². The number of nitrogens with one attached hydrogen (secondary N) is 2. The normalized spacial score (nSPS) is 11.8. The molecule has 0 atom stereocenters. The molecule has 2 aromatic heterocycles. The van der Waals surface area contributed by atoms with Crippen LogP contribution in [0.2, 0.25) is 0 Å². The van der Waals surface area contributed by atoms with Crippen LogP contribution in [0.5, 0.6) is 0 Å².